The highest BCUT2D eigenvalue weighted by Crippen LogP contribution is 2.23. The first kappa shape index (κ1) is 18.6. The van der Waals surface area contributed by atoms with E-state index in [9.17, 15) is 23.6 Å². The van der Waals surface area contributed by atoms with Gasteiger partial charge in [-0.1, -0.05) is 30.3 Å². The number of benzene rings is 2. The molecule has 0 bridgehead atoms. The molecule has 132 valence electrons. The summed E-state index contributed by atoms with van der Waals surface area (Å²) in [5.74, 6) is -2.33. The maximum atomic E-state index is 12.4. The van der Waals surface area contributed by atoms with Crippen LogP contribution in [0, 0.1) is 11.3 Å². The molecule has 0 spiro atoms. The molecule has 0 fully saturated rings. The first-order valence-electron chi connectivity index (χ1n) is 7.21. The third-order valence-electron chi connectivity index (χ3n) is 3.21. The molecule has 0 saturated heterocycles. The molecule has 8 heteroatoms. The predicted molar refractivity (Wildman–Crippen MR) is 88.7 cm³/mol. The number of hydrogen-bond donors (Lipinski definition) is 2. The summed E-state index contributed by atoms with van der Waals surface area (Å²) in [5.41, 5.74) is -0.454. The molecule has 0 radical (unpaired) electrons. The zero-order chi connectivity index (χ0) is 19.1. The summed E-state index contributed by atoms with van der Waals surface area (Å²) < 4.78 is 29.2. The summed E-state index contributed by atoms with van der Waals surface area (Å²) in [6, 6.07) is 13.0. The molecule has 0 aliphatic carbocycles. The van der Waals surface area contributed by atoms with Gasteiger partial charge >= 0.3 is 12.6 Å². The van der Waals surface area contributed by atoms with E-state index in [1.807, 2.05) is 0 Å². The molecule has 26 heavy (non-hydrogen) atoms. The second-order valence-corrected chi connectivity index (χ2v) is 4.89. The fourth-order valence-corrected chi connectivity index (χ4v) is 2.08. The Kier molecular flexibility index (Phi) is 6.01. The quantitative estimate of drug-likeness (QED) is 0.608. The number of carbonyl (C=O) groups is 2. The molecule has 2 rings (SSSR count). The number of nitrogens with zero attached hydrogens (tertiary/aromatic N) is 1. The Morgan fingerprint density at radius 2 is 1.81 bits per heavy atom. The van der Waals surface area contributed by atoms with E-state index in [1.165, 1.54) is 48.5 Å². The topological polar surface area (TPSA) is 99.4 Å². The van der Waals surface area contributed by atoms with Crippen molar-refractivity contribution in [3.63, 3.8) is 0 Å². The molecule has 0 aromatic heterocycles. The van der Waals surface area contributed by atoms with Gasteiger partial charge in [-0.3, -0.25) is 4.79 Å². The fraction of sp³-hybridized carbons (Fsp3) is 0.0556. The molecule has 2 aromatic carbocycles. The van der Waals surface area contributed by atoms with Gasteiger partial charge in [0.25, 0.3) is 5.91 Å². The SMILES string of the molecule is N#C/C(=C\c1ccccc1OC(F)F)C(=O)Nc1ccccc1C(=O)O. The van der Waals surface area contributed by atoms with E-state index < -0.39 is 24.1 Å². The number of carboxylic acids is 1. The van der Waals surface area contributed by atoms with Gasteiger partial charge < -0.3 is 15.2 Å². The van der Waals surface area contributed by atoms with Crippen LogP contribution in [0.3, 0.4) is 0 Å². The molecule has 0 atom stereocenters. The summed E-state index contributed by atoms with van der Waals surface area (Å²) in [5, 5.41) is 20.6. The van der Waals surface area contributed by atoms with Gasteiger partial charge in [-0.15, -0.1) is 0 Å². The van der Waals surface area contributed by atoms with Crippen molar-refractivity contribution < 1.29 is 28.2 Å². The van der Waals surface area contributed by atoms with Crippen LogP contribution in [0.25, 0.3) is 6.08 Å². The van der Waals surface area contributed by atoms with Crippen molar-refractivity contribution in [2.75, 3.05) is 5.32 Å². The highest BCUT2D eigenvalue weighted by molar-refractivity contribution is 6.11. The van der Waals surface area contributed by atoms with Crippen LogP contribution >= 0.6 is 0 Å². The van der Waals surface area contributed by atoms with Gasteiger partial charge in [0.15, 0.2) is 0 Å². The van der Waals surface area contributed by atoms with Crippen LogP contribution in [0.5, 0.6) is 5.75 Å². The van der Waals surface area contributed by atoms with Gasteiger partial charge in [-0.25, -0.2) is 4.79 Å². The van der Waals surface area contributed by atoms with Crippen molar-refractivity contribution in [1.82, 2.24) is 0 Å². The van der Waals surface area contributed by atoms with Gasteiger partial charge in [-0.2, -0.15) is 14.0 Å². The molecule has 1 amide bonds. The molecule has 2 N–H and O–H groups in total. The van der Waals surface area contributed by atoms with E-state index >= 15 is 0 Å². The minimum Gasteiger partial charge on any atom is -0.478 e. The lowest BCUT2D eigenvalue weighted by Gasteiger charge is -2.09. The molecule has 0 aliphatic heterocycles. The smallest absolute Gasteiger partial charge is 0.387 e. The van der Waals surface area contributed by atoms with Crippen molar-refractivity contribution in [3.8, 4) is 11.8 Å². The van der Waals surface area contributed by atoms with Crippen molar-refractivity contribution in [2.45, 2.75) is 6.61 Å². The number of rotatable bonds is 6. The molecule has 0 unspecified atom stereocenters. The van der Waals surface area contributed by atoms with Gasteiger partial charge in [0.1, 0.15) is 17.4 Å². The zero-order valence-electron chi connectivity index (χ0n) is 13.1. The molecule has 0 heterocycles. The molecular formula is C18H12F2N2O4. The van der Waals surface area contributed by atoms with E-state index in [2.05, 4.69) is 10.1 Å². The van der Waals surface area contributed by atoms with Crippen LogP contribution in [-0.2, 0) is 4.79 Å². The van der Waals surface area contributed by atoms with Crippen molar-refractivity contribution in [2.24, 2.45) is 0 Å². The lowest BCUT2D eigenvalue weighted by molar-refractivity contribution is -0.112. The summed E-state index contributed by atoms with van der Waals surface area (Å²) in [6.07, 6.45) is 1.08. The number of hydrogen-bond acceptors (Lipinski definition) is 4. The van der Waals surface area contributed by atoms with Crippen LogP contribution in [0.4, 0.5) is 14.5 Å². The first-order valence-corrected chi connectivity index (χ1v) is 7.21. The summed E-state index contributed by atoms with van der Waals surface area (Å²) >= 11 is 0. The minimum absolute atomic E-state index is 0.00302. The Labute approximate surface area is 146 Å². The Bertz CT molecular complexity index is 904. The Balaban J connectivity index is 2.32. The molecule has 2 aromatic rings. The van der Waals surface area contributed by atoms with Gasteiger partial charge in [0.05, 0.1) is 11.3 Å². The van der Waals surface area contributed by atoms with Crippen LogP contribution < -0.4 is 10.1 Å². The Morgan fingerprint density at radius 1 is 1.15 bits per heavy atom. The third kappa shape index (κ3) is 4.64. The number of alkyl halides is 2. The van der Waals surface area contributed by atoms with E-state index in [-0.39, 0.29) is 22.6 Å². The van der Waals surface area contributed by atoms with Crippen molar-refractivity contribution in [3.05, 3.63) is 65.2 Å². The monoisotopic (exact) mass is 358 g/mol. The highest BCUT2D eigenvalue weighted by Gasteiger charge is 2.16. The molecular weight excluding hydrogens is 346 g/mol. The molecule has 0 aliphatic rings. The van der Waals surface area contributed by atoms with Crippen molar-refractivity contribution in [1.29, 1.82) is 5.26 Å². The average molecular weight is 358 g/mol. The lowest BCUT2D eigenvalue weighted by Crippen LogP contribution is -2.16. The summed E-state index contributed by atoms with van der Waals surface area (Å²) in [7, 11) is 0. The maximum Gasteiger partial charge on any atom is 0.387 e. The van der Waals surface area contributed by atoms with E-state index in [4.69, 9.17) is 5.11 Å². The number of amides is 1. The largest absolute Gasteiger partial charge is 0.478 e. The van der Waals surface area contributed by atoms with Gasteiger partial charge in [-0.05, 0) is 24.3 Å². The highest BCUT2D eigenvalue weighted by atomic mass is 19.3. The number of ether oxygens (including phenoxy) is 1. The van der Waals surface area contributed by atoms with Crippen LogP contribution in [0.1, 0.15) is 15.9 Å². The van der Waals surface area contributed by atoms with Crippen LogP contribution in [0.2, 0.25) is 0 Å². The maximum absolute atomic E-state index is 12.4. The minimum atomic E-state index is -3.06. The number of nitriles is 1. The van der Waals surface area contributed by atoms with E-state index in [0.29, 0.717) is 0 Å². The number of halogens is 2. The van der Waals surface area contributed by atoms with Gasteiger partial charge in [0, 0.05) is 5.56 Å². The normalized spacial score (nSPS) is 10.9. The first-order chi connectivity index (χ1) is 12.4. The third-order valence-corrected chi connectivity index (χ3v) is 3.21. The number of anilines is 1. The number of para-hydroxylation sites is 2. The predicted octanol–water partition coefficient (Wildman–Crippen LogP) is 3.53. The summed E-state index contributed by atoms with van der Waals surface area (Å²) in [6.45, 7) is -3.06. The number of nitrogens with one attached hydrogen (secondary N) is 1. The summed E-state index contributed by atoms with van der Waals surface area (Å²) in [4.78, 5) is 23.4. The molecule has 0 saturated carbocycles. The van der Waals surface area contributed by atoms with E-state index in [0.717, 1.165) is 6.08 Å². The fourth-order valence-electron chi connectivity index (χ4n) is 2.08. The molecule has 6 nitrogen and oxygen atoms in total. The Morgan fingerprint density at radius 3 is 2.46 bits per heavy atom. The van der Waals surface area contributed by atoms with Crippen LogP contribution in [0.15, 0.2) is 54.1 Å². The average Bonchev–Trinajstić information content (AvgIpc) is 2.60. The Hall–Kier alpha value is -3.73. The number of aromatic carboxylic acids is 1. The second kappa shape index (κ2) is 8.39. The number of carbonyl (C=O) groups excluding carboxylic acids is 1. The number of carboxylic acid groups (broad SMARTS) is 1. The second-order valence-electron chi connectivity index (χ2n) is 4.89. The lowest BCUT2D eigenvalue weighted by atomic mass is 10.1. The van der Waals surface area contributed by atoms with Crippen LogP contribution in [-0.4, -0.2) is 23.6 Å². The zero-order valence-corrected chi connectivity index (χ0v) is 13.1. The standard InChI is InChI=1S/C18H12F2N2O4/c19-18(20)26-15-8-4-1-5-11(15)9-12(10-21)16(23)22-14-7-3-2-6-13(14)17(24)25/h1-9,18H,(H,22,23)(H,24,25)/b12-9+. The van der Waals surface area contributed by atoms with Gasteiger partial charge in [0.2, 0.25) is 0 Å². The van der Waals surface area contributed by atoms with Crippen molar-refractivity contribution >= 4 is 23.6 Å². The van der Waals surface area contributed by atoms with E-state index in [1.54, 1.807) is 6.07 Å².